The maximum absolute atomic E-state index is 13.3. The van der Waals surface area contributed by atoms with E-state index in [-0.39, 0.29) is 36.6 Å². The van der Waals surface area contributed by atoms with Gasteiger partial charge >= 0.3 is 0 Å². The molecule has 188 valence electrons. The number of aliphatic hydroxyl groups excluding tert-OH is 2. The molecule has 9 heteroatoms. The van der Waals surface area contributed by atoms with E-state index in [1.54, 1.807) is 13.0 Å². The largest absolute Gasteiger partial charge is 0.508 e. The van der Waals surface area contributed by atoms with Crippen LogP contribution in [-0.4, -0.2) is 75.3 Å². The third-order valence-corrected chi connectivity index (χ3v) is 6.21. The smallest absolute Gasteiger partial charge is 0.254 e. The van der Waals surface area contributed by atoms with E-state index in [0.717, 1.165) is 12.0 Å². The van der Waals surface area contributed by atoms with Crippen molar-refractivity contribution in [2.75, 3.05) is 13.1 Å². The summed E-state index contributed by atoms with van der Waals surface area (Å²) in [5.74, 6) is -1.72. The molecule has 35 heavy (non-hydrogen) atoms. The van der Waals surface area contributed by atoms with E-state index < -0.39 is 36.1 Å². The van der Waals surface area contributed by atoms with Crippen molar-refractivity contribution in [3.63, 3.8) is 0 Å². The highest BCUT2D eigenvalue weighted by molar-refractivity contribution is 5.97. The summed E-state index contributed by atoms with van der Waals surface area (Å²) in [5, 5.41) is 36.7. The van der Waals surface area contributed by atoms with Gasteiger partial charge in [0.05, 0.1) is 12.1 Å². The van der Waals surface area contributed by atoms with Crippen LogP contribution >= 0.6 is 0 Å². The van der Waals surface area contributed by atoms with E-state index in [0.29, 0.717) is 12.1 Å². The van der Waals surface area contributed by atoms with Gasteiger partial charge in [-0.25, -0.2) is 0 Å². The van der Waals surface area contributed by atoms with Crippen molar-refractivity contribution < 1.29 is 29.7 Å². The van der Waals surface area contributed by atoms with Gasteiger partial charge in [0.25, 0.3) is 11.8 Å². The quantitative estimate of drug-likeness (QED) is 0.359. The number of carbonyl (C=O) groups excluding carboxylic acids is 3. The Morgan fingerprint density at radius 3 is 2.51 bits per heavy atom. The van der Waals surface area contributed by atoms with Crippen molar-refractivity contribution in [2.45, 2.75) is 57.4 Å². The lowest BCUT2D eigenvalue weighted by molar-refractivity contribution is -0.146. The zero-order valence-electron chi connectivity index (χ0n) is 20.0. The van der Waals surface area contributed by atoms with Gasteiger partial charge in [0.15, 0.2) is 6.10 Å². The average Bonchev–Trinajstić information content (AvgIpc) is 3.25. The fraction of sp³-hybridized carbons (Fsp3) is 0.423. The Bertz CT molecular complexity index is 1040. The molecule has 2 aromatic rings. The molecule has 0 unspecified atom stereocenters. The average molecular weight is 484 g/mol. The number of phenols is 1. The van der Waals surface area contributed by atoms with Gasteiger partial charge in [0.1, 0.15) is 11.8 Å². The molecule has 0 saturated carbocycles. The SMILES string of the molecule is CCCNC(=O)[C@@H]1C[C@@H](O)CN1C(=O)[C@@H](O)[C@H](Cc1ccccc1)NC(=O)c1cccc(O)c1C. The number of likely N-dealkylation sites (tertiary alicyclic amines) is 1. The van der Waals surface area contributed by atoms with Crippen molar-refractivity contribution in [1.29, 1.82) is 0 Å². The monoisotopic (exact) mass is 483 g/mol. The first-order chi connectivity index (χ1) is 16.7. The van der Waals surface area contributed by atoms with Crippen LogP contribution in [0.15, 0.2) is 48.5 Å². The number of aliphatic hydroxyl groups is 2. The van der Waals surface area contributed by atoms with Gasteiger partial charge in [0, 0.05) is 30.6 Å². The number of rotatable bonds is 9. The highest BCUT2D eigenvalue weighted by Crippen LogP contribution is 2.22. The van der Waals surface area contributed by atoms with E-state index in [2.05, 4.69) is 10.6 Å². The van der Waals surface area contributed by atoms with Crippen LogP contribution in [0.5, 0.6) is 5.75 Å². The summed E-state index contributed by atoms with van der Waals surface area (Å²) in [6, 6.07) is 11.7. The maximum atomic E-state index is 13.3. The van der Waals surface area contributed by atoms with Gasteiger partial charge < -0.3 is 30.9 Å². The van der Waals surface area contributed by atoms with Gasteiger partial charge in [-0.1, -0.05) is 43.3 Å². The van der Waals surface area contributed by atoms with Crippen LogP contribution in [-0.2, 0) is 16.0 Å². The van der Waals surface area contributed by atoms with Gasteiger partial charge in [0.2, 0.25) is 5.91 Å². The number of nitrogens with one attached hydrogen (secondary N) is 2. The Morgan fingerprint density at radius 2 is 1.83 bits per heavy atom. The lowest BCUT2D eigenvalue weighted by Gasteiger charge is -2.30. The Labute approximate surface area is 204 Å². The molecule has 0 aliphatic carbocycles. The van der Waals surface area contributed by atoms with Gasteiger partial charge in [-0.2, -0.15) is 0 Å². The number of phenolic OH excluding ortho intramolecular Hbond substituents is 1. The summed E-state index contributed by atoms with van der Waals surface area (Å²) in [6.07, 6.45) is -1.60. The van der Waals surface area contributed by atoms with Crippen molar-refractivity contribution in [3.05, 3.63) is 65.2 Å². The molecule has 2 aromatic carbocycles. The van der Waals surface area contributed by atoms with Crippen molar-refractivity contribution >= 4 is 17.7 Å². The first-order valence-electron chi connectivity index (χ1n) is 11.8. The molecule has 3 amide bonds. The highest BCUT2D eigenvalue weighted by atomic mass is 16.3. The van der Waals surface area contributed by atoms with Crippen LogP contribution in [0, 0.1) is 6.92 Å². The molecule has 4 atom stereocenters. The minimum atomic E-state index is -1.66. The minimum absolute atomic E-state index is 0.0409. The fourth-order valence-corrected chi connectivity index (χ4v) is 4.24. The lowest BCUT2D eigenvalue weighted by atomic mass is 9.98. The molecule has 0 radical (unpaired) electrons. The molecule has 1 saturated heterocycles. The number of β-amino-alcohol motifs (C(OH)–C–C–N with tert-alkyl or cyclic N) is 1. The second kappa shape index (κ2) is 11.8. The Morgan fingerprint density at radius 1 is 1.11 bits per heavy atom. The van der Waals surface area contributed by atoms with Crippen LogP contribution in [0.25, 0.3) is 0 Å². The van der Waals surface area contributed by atoms with Crippen molar-refractivity contribution in [1.82, 2.24) is 15.5 Å². The van der Waals surface area contributed by atoms with E-state index in [1.165, 1.54) is 17.0 Å². The molecule has 1 fully saturated rings. The zero-order chi connectivity index (χ0) is 25.5. The zero-order valence-corrected chi connectivity index (χ0v) is 20.0. The number of nitrogens with zero attached hydrogens (tertiary/aromatic N) is 1. The molecule has 0 aromatic heterocycles. The van der Waals surface area contributed by atoms with E-state index >= 15 is 0 Å². The third-order valence-electron chi connectivity index (χ3n) is 6.21. The molecular weight excluding hydrogens is 450 g/mol. The molecular formula is C26H33N3O6. The Kier molecular flexibility index (Phi) is 8.84. The van der Waals surface area contributed by atoms with Crippen molar-refractivity contribution in [3.8, 4) is 5.75 Å². The first kappa shape index (κ1) is 26.2. The second-order valence-corrected chi connectivity index (χ2v) is 8.85. The molecule has 0 spiro atoms. The van der Waals surface area contributed by atoms with Crippen LogP contribution in [0.4, 0.5) is 0 Å². The van der Waals surface area contributed by atoms with E-state index in [1.807, 2.05) is 37.3 Å². The molecule has 1 aliphatic heterocycles. The standard InChI is InChI=1S/C26H33N3O6/c1-3-12-27-25(34)21-14-18(30)15-29(21)26(35)23(32)20(13-17-8-5-4-6-9-17)28-24(33)19-10-7-11-22(31)16(19)2/h4-11,18,20-21,23,30-32H,3,12-15H2,1-2H3,(H,27,34)(H,28,33)/t18-,20+,21+,23+/m1/s1. The third kappa shape index (κ3) is 6.37. The summed E-state index contributed by atoms with van der Waals surface area (Å²) in [4.78, 5) is 40.2. The molecule has 0 bridgehead atoms. The second-order valence-electron chi connectivity index (χ2n) is 8.85. The van der Waals surface area contributed by atoms with Gasteiger partial charge in [-0.3, -0.25) is 14.4 Å². The number of hydrogen-bond acceptors (Lipinski definition) is 6. The topological polar surface area (TPSA) is 139 Å². The summed E-state index contributed by atoms with van der Waals surface area (Å²) in [6.45, 7) is 3.86. The predicted octanol–water partition coefficient (Wildman–Crippen LogP) is 0.891. The Hall–Kier alpha value is -3.43. The number of benzene rings is 2. The number of amides is 3. The van der Waals surface area contributed by atoms with Crippen molar-refractivity contribution in [2.24, 2.45) is 0 Å². The first-order valence-corrected chi connectivity index (χ1v) is 11.8. The predicted molar refractivity (Wildman–Crippen MR) is 130 cm³/mol. The highest BCUT2D eigenvalue weighted by Gasteiger charge is 2.42. The van der Waals surface area contributed by atoms with Crippen LogP contribution < -0.4 is 10.6 Å². The molecule has 5 N–H and O–H groups in total. The molecule has 1 aliphatic rings. The number of aromatic hydroxyl groups is 1. The molecule has 9 nitrogen and oxygen atoms in total. The van der Waals surface area contributed by atoms with Gasteiger partial charge in [-0.15, -0.1) is 0 Å². The number of carbonyl (C=O) groups is 3. The summed E-state index contributed by atoms with van der Waals surface area (Å²) in [5.41, 5.74) is 1.38. The molecule has 3 rings (SSSR count). The summed E-state index contributed by atoms with van der Waals surface area (Å²) >= 11 is 0. The van der Waals surface area contributed by atoms with Crippen LogP contribution in [0.2, 0.25) is 0 Å². The summed E-state index contributed by atoms with van der Waals surface area (Å²) < 4.78 is 0. The summed E-state index contributed by atoms with van der Waals surface area (Å²) in [7, 11) is 0. The van der Waals surface area contributed by atoms with E-state index in [9.17, 15) is 29.7 Å². The fourth-order valence-electron chi connectivity index (χ4n) is 4.24. The normalized spacial score (nSPS) is 19.1. The van der Waals surface area contributed by atoms with Crippen LogP contribution in [0.3, 0.4) is 0 Å². The minimum Gasteiger partial charge on any atom is -0.508 e. The van der Waals surface area contributed by atoms with E-state index in [4.69, 9.17) is 0 Å². The lowest BCUT2D eigenvalue weighted by Crippen LogP contribution is -2.56. The van der Waals surface area contributed by atoms with Crippen LogP contribution in [0.1, 0.15) is 41.3 Å². The Balaban J connectivity index is 1.84. The number of hydrogen-bond donors (Lipinski definition) is 5. The maximum Gasteiger partial charge on any atom is 0.254 e. The molecule has 1 heterocycles. The van der Waals surface area contributed by atoms with Gasteiger partial charge in [-0.05, 0) is 37.5 Å².